The molecule has 1 aromatic rings. The lowest BCUT2D eigenvalue weighted by atomic mass is 10.1. The van der Waals surface area contributed by atoms with E-state index in [9.17, 15) is 14.7 Å². The van der Waals surface area contributed by atoms with Crippen LogP contribution in [-0.2, 0) is 0 Å². The lowest BCUT2D eigenvalue weighted by molar-refractivity contribution is 0.0820. The number of rotatable bonds is 2. The number of aromatic hydroxyl groups is 1. The zero-order chi connectivity index (χ0) is 11.6. The van der Waals surface area contributed by atoms with Gasteiger partial charge in [-0.25, -0.2) is 0 Å². The van der Waals surface area contributed by atoms with Crippen molar-refractivity contribution < 1.29 is 14.7 Å². The van der Waals surface area contributed by atoms with E-state index in [1.54, 1.807) is 14.1 Å². The van der Waals surface area contributed by atoms with E-state index in [1.165, 1.54) is 23.1 Å². The minimum absolute atomic E-state index is 0.0785. The molecule has 5 heteroatoms. The maximum Gasteiger partial charge on any atom is 0.254 e. The standard InChI is InChI=1S/C10H12N2O3/c1-12(2)10(15)8-5-6(13)3-4-7(8)9(11)14/h3-5,13H,1-2H3,(H2,11,14). The molecular weight excluding hydrogens is 196 g/mol. The van der Waals surface area contributed by atoms with E-state index in [-0.39, 0.29) is 22.8 Å². The van der Waals surface area contributed by atoms with E-state index >= 15 is 0 Å². The number of phenolic OH excluding ortho intramolecular Hbond substituents is 1. The second-order valence-electron chi connectivity index (χ2n) is 3.29. The van der Waals surface area contributed by atoms with Crippen LogP contribution in [0.1, 0.15) is 20.7 Å². The van der Waals surface area contributed by atoms with Crippen molar-refractivity contribution in [1.82, 2.24) is 4.90 Å². The predicted octanol–water partition coefficient (Wildman–Crippen LogP) is 0.193. The summed E-state index contributed by atoms with van der Waals surface area (Å²) in [4.78, 5) is 24.0. The highest BCUT2D eigenvalue weighted by atomic mass is 16.3. The van der Waals surface area contributed by atoms with Gasteiger partial charge in [0.1, 0.15) is 5.75 Å². The molecule has 80 valence electrons. The largest absolute Gasteiger partial charge is 0.508 e. The quantitative estimate of drug-likeness (QED) is 0.727. The molecule has 2 amide bonds. The minimum Gasteiger partial charge on any atom is -0.508 e. The first-order valence-electron chi connectivity index (χ1n) is 4.28. The third kappa shape index (κ3) is 2.25. The van der Waals surface area contributed by atoms with Crippen molar-refractivity contribution in [2.45, 2.75) is 0 Å². The van der Waals surface area contributed by atoms with Crippen LogP contribution in [-0.4, -0.2) is 35.9 Å². The fourth-order valence-electron chi connectivity index (χ4n) is 1.16. The zero-order valence-corrected chi connectivity index (χ0v) is 8.52. The van der Waals surface area contributed by atoms with Crippen LogP contribution in [0.15, 0.2) is 18.2 Å². The predicted molar refractivity (Wildman–Crippen MR) is 54.6 cm³/mol. The van der Waals surface area contributed by atoms with Crippen LogP contribution in [0.25, 0.3) is 0 Å². The van der Waals surface area contributed by atoms with Gasteiger partial charge in [0.25, 0.3) is 5.91 Å². The first-order chi connectivity index (χ1) is 6.93. The SMILES string of the molecule is CN(C)C(=O)c1cc(O)ccc1C(N)=O. The molecule has 0 fully saturated rings. The number of amides is 2. The van der Waals surface area contributed by atoms with E-state index in [4.69, 9.17) is 5.73 Å². The van der Waals surface area contributed by atoms with E-state index in [1.807, 2.05) is 0 Å². The molecule has 0 bridgehead atoms. The average Bonchev–Trinajstić information content (AvgIpc) is 2.15. The van der Waals surface area contributed by atoms with Crippen LogP contribution in [0.2, 0.25) is 0 Å². The van der Waals surface area contributed by atoms with E-state index < -0.39 is 5.91 Å². The summed E-state index contributed by atoms with van der Waals surface area (Å²) in [5.74, 6) is -1.15. The summed E-state index contributed by atoms with van der Waals surface area (Å²) in [6, 6.07) is 3.86. The van der Waals surface area contributed by atoms with E-state index in [2.05, 4.69) is 0 Å². The van der Waals surface area contributed by atoms with Gasteiger partial charge in [-0.1, -0.05) is 0 Å². The number of nitrogens with zero attached hydrogens (tertiary/aromatic N) is 1. The van der Waals surface area contributed by atoms with Gasteiger partial charge in [-0.05, 0) is 18.2 Å². The zero-order valence-electron chi connectivity index (χ0n) is 8.52. The number of carbonyl (C=O) groups is 2. The van der Waals surface area contributed by atoms with Crippen molar-refractivity contribution in [2.24, 2.45) is 5.73 Å². The molecule has 3 N–H and O–H groups in total. The summed E-state index contributed by atoms with van der Waals surface area (Å²) in [7, 11) is 3.11. The van der Waals surface area contributed by atoms with Crippen molar-refractivity contribution in [3.8, 4) is 5.75 Å². The van der Waals surface area contributed by atoms with Gasteiger partial charge in [0.15, 0.2) is 0 Å². The fraction of sp³-hybridized carbons (Fsp3) is 0.200. The Morgan fingerprint density at radius 2 is 1.87 bits per heavy atom. The van der Waals surface area contributed by atoms with Gasteiger partial charge in [0.2, 0.25) is 5.91 Å². The van der Waals surface area contributed by atoms with Gasteiger partial charge in [-0.2, -0.15) is 0 Å². The number of hydrogen-bond acceptors (Lipinski definition) is 3. The highest BCUT2D eigenvalue weighted by Crippen LogP contribution is 2.17. The van der Waals surface area contributed by atoms with Crippen molar-refractivity contribution >= 4 is 11.8 Å². The van der Waals surface area contributed by atoms with Gasteiger partial charge in [0.05, 0.1) is 11.1 Å². The molecule has 0 aliphatic heterocycles. The second-order valence-corrected chi connectivity index (χ2v) is 3.29. The molecule has 0 saturated carbocycles. The van der Waals surface area contributed by atoms with Gasteiger partial charge < -0.3 is 15.7 Å². The lowest BCUT2D eigenvalue weighted by Gasteiger charge is -2.12. The van der Waals surface area contributed by atoms with Gasteiger partial charge in [-0.3, -0.25) is 9.59 Å². The monoisotopic (exact) mass is 208 g/mol. The second kappa shape index (κ2) is 4.00. The summed E-state index contributed by atoms with van der Waals surface area (Å²) in [5.41, 5.74) is 5.32. The van der Waals surface area contributed by atoms with Crippen LogP contribution >= 0.6 is 0 Å². The molecule has 15 heavy (non-hydrogen) atoms. The molecule has 0 saturated heterocycles. The molecule has 5 nitrogen and oxygen atoms in total. The number of phenols is 1. The molecule has 0 aliphatic carbocycles. The van der Waals surface area contributed by atoms with Crippen LogP contribution in [0.4, 0.5) is 0 Å². The van der Waals surface area contributed by atoms with Crippen LogP contribution in [0, 0.1) is 0 Å². The van der Waals surface area contributed by atoms with Gasteiger partial charge in [0, 0.05) is 14.1 Å². The molecule has 1 aromatic carbocycles. The fourth-order valence-corrected chi connectivity index (χ4v) is 1.16. The van der Waals surface area contributed by atoms with Gasteiger partial charge >= 0.3 is 0 Å². The van der Waals surface area contributed by atoms with Crippen molar-refractivity contribution in [3.05, 3.63) is 29.3 Å². The molecule has 0 atom stereocenters. The van der Waals surface area contributed by atoms with Crippen molar-refractivity contribution in [1.29, 1.82) is 0 Å². The number of carbonyl (C=O) groups excluding carboxylic acids is 2. The maximum atomic E-state index is 11.6. The highest BCUT2D eigenvalue weighted by molar-refractivity contribution is 6.06. The Morgan fingerprint density at radius 3 is 2.33 bits per heavy atom. The number of benzene rings is 1. The Balaban J connectivity index is 3.30. The third-order valence-corrected chi connectivity index (χ3v) is 1.91. The Bertz CT molecular complexity index is 413. The molecule has 0 aromatic heterocycles. The van der Waals surface area contributed by atoms with Crippen LogP contribution in [0.5, 0.6) is 5.75 Å². The number of nitrogens with two attached hydrogens (primary N) is 1. The third-order valence-electron chi connectivity index (χ3n) is 1.91. The topological polar surface area (TPSA) is 83.6 Å². The summed E-state index contributed by atoms with van der Waals surface area (Å²) in [5, 5.41) is 9.23. The molecule has 0 unspecified atom stereocenters. The number of primary amides is 1. The lowest BCUT2D eigenvalue weighted by Crippen LogP contribution is -2.25. The first kappa shape index (κ1) is 11.0. The molecule has 0 aliphatic rings. The molecule has 0 heterocycles. The van der Waals surface area contributed by atoms with E-state index in [0.717, 1.165) is 0 Å². The summed E-state index contributed by atoms with van der Waals surface area (Å²) in [6.45, 7) is 0. The summed E-state index contributed by atoms with van der Waals surface area (Å²) >= 11 is 0. The highest BCUT2D eigenvalue weighted by Gasteiger charge is 2.17. The summed E-state index contributed by atoms with van der Waals surface area (Å²) in [6.07, 6.45) is 0. The van der Waals surface area contributed by atoms with Gasteiger partial charge in [-0.15, -0.1) is 0 Å². The maximum absolute atomic E-state index is 11.6. The molecule has 0 radical (unpaired) electrons. The van der Waals surface area contributed by atoms with Crippen molar-refractivity contribution in [3.63, 3.8) is 0 Å². The Hall–Kier alpha value is -2.04. The van der Waals surface area contributed by atoms with E-state index in [0.29, 0.717) is 0 Å². The van der Waals surface area contributed by atoms with Crippen LogP contribution < -0.4 is 5.73 Å². The van der Waals surface area contributed by atoms with Crippen LogP contribution in [0.3, 0.4) is 0 Å². The summed E-state index contributed by atoms with van der Waals surface area (Å²) < 4.78 is 0. The number of hydrogen-bond donors (Lipinski definition) is 2. The molecule has 1 rings (SSSR count). The Kier molecular flexibility index (Phi) is 2.94. The average molecular weight is 208 g/mol. The normalized spacial score (nSPS) is 9.73. The Morgan fingerprint density at radius 1 is 1.27 bits per heavy atom. The smallest absolute Gasteiger partial charge is 0.254 e. The first-order valence-corrected chi connectivity index (χ1v) is 4.28. The molecule has 0 spiro atoms. The molecular formula is C10H12N2O3. The Labute approximate surface area is 87.1 Å². The van der Waals surface area contributed by atoms with Crippen molar-refractivity contribution in [2.75, 3.05) is 14.1 Å². The minimum atomic E-state index is -0.694.